The van der Waals surface area contributed by atoms with E-state index in [1.165, 1.54) is 9.62 Å². The highest BCUT2D eigenvalue weighted by Gasteiger charge is 2.34. The van der Waals surface area contributed by atoms with Gasteiger partial charge < -0.3 is 9.64 Å². The van der Waals surface area contributed by atoms with Crippen LogP contribution in [0.1, 0.15) is 26.7 Å². The SMILES string of the molecule is CCCN(CCC)c1c([N+](=O)[O-])cc(S(=O)(=O)NC(=O)OC)cc1[N+](=O)[O-]. The van der Waals surface area contributed by atoms with Crippen molar-refractivity contribution in [1.29, 1.82) is 0 Å². The van der Waals surface area contributed by atoms with E-state index >= 15 is 0 Å². The third-order valence-corrected chi connectivity index (χ3v) is 4.74. The Bertz CT molecular complexity index is 799. The first kappa shape index (κ1) is 22.1. The molecule has 0 atom stereocenters. The van der Waals surface area contributed by atoms with E-state index in [0.29, 0.717) is 38.1 Å². The van der Waals surface area contributed by atoms with E-state index in [-0.39, 0.29) is 5.69 Å². The van der Waals surface area contributed by atoms with Gasteiger partial charge in [0.2, 0.25) is 0 Å². The predicted octanol–water partition coefficient (Wildman–Crippen LogP) is 2.17. The smallest absolute Gasteiger partial charge is 0.420 e. The Morgan fingerprint density at radius 3 is 1.89 bits per heavy atom. The zero-order chi connectivity index (χ0) is 20.8. The number of carbonyl (C=O) groups excluding carboxylic acids is 1. The molecule has 0 aliphatic rings. The molecular weight excluding hydrogens is 384 g/mol. The normalized spacial score (nSPS) is 10.9. The molecule has 0 fully saturated rings. The van der Waals surface area contributed by atoms with Gasteiger partial charge >= 0.3 is 17.5 Å². The van der Waals surface area contributed by atoms with Gasteiger partial charge in [-0.15, -0.1) is 0 Å². The number of hydrogen-bond donors (Lipinski definition) is 1. The summed E-state index contributed by atoms with van der Waals surface area (Å²) >= 11 is 0. The fourth-order valence-electron chi connectivity index (χ4n) is 2.42. The maximum Gasteiger partial charge on any atom is 0.420 e. The second-order valence-electron chi connectivity index (χ2n) is 5.41. The molecule has 150 valence electrons. The molecule has 0 unspecified atom stereocenters. The zero-order valence-electron chi connectivity index (χ0n) is 15.0. The molecule has 12 nitrogen and oxygen atoms in total. The van der Waals surface area contributed by atoms with E-state index in [1.807, 2.05) is 0 Å². The van der Waals surface area contributed by atoms with E-state index in [0.717, 1.165) is 7.11 Å². The van der Waals surface area contributed by atoms with Crippen molar-refractivity contribution in [2.75, 3.05) is 25.1 Å². The van der Waals surface area contributed by atoms with Gasteiger partial charge in [-0.2, -0.15) is 0 Å². The number of nitro groups is 2. The van der Waals surface area contributed by atoms with Crippen molar-refractivity contribution in [2.24, 2.45) is 0 Å². The molecule has 0 spiro atoms. The first-order valence-electron chi connectivity index (χ1n) is 7.91. The van der Waals surface area contributed by atoms with Crippen molar-refractivity contribution in [3.8, 4) is 0 Å². The molecule has 0 saturated heterocycles. The summed E-state index contributed by atoms with van der Waals surface area (Å²) in [6.07, 6.45) is -0.195. The van der Waals surface area contributed by atoms with E-state index in [2.05, 4.69) is 4.74 Å². The van der Waals surface area contributed by atoms with Gasteiger partial charge in [0.15, 0.2) is 5.69 Å². The Morgan fingerprint density at radius 2 is 1.56 bits per heavy atom. The van der Waals surface area contributed by atoms with Crippen LogP contribution in [-0.4, -0.2) is 44.6 Å². The standard InChI is InChI=1S/C14H20N4O8S/c1-4-6-16(7-5-2)13-11(17(20)21)8-10(9-12(13)18(22)23)27(24,25)15-14(19)26-3/h8-9H,4-7H2,1-3H3,(H,15,19). The molecule has 1 rings (SSSR count). The highest BCUT2D eigenvalue weighted by Crippen LogP contribution is 2.40. The molecule has 0 radical (unpaired) electrons. The van der Waals surface area contributed by atoms with Crippen LogP contribution in [0.4, 0.5) is 21.9 Å². The molecule has 1 aromatic rings. The maximum atomic E-state index is 12.2. The highest BCUT2D eigenvalue weighted by molar-refractivity contribution is 7.90. The molecule has 27 heavy (non-hydrogen) atoms. The third-order valence-electron chi connectivity index (χ3n) is 3.45. The number of methoxy groups -OCH3 is 1. The lowest BCUT2D eigenvalue weighted by Crippen LogP contribution is -2.31. The molecule has 1 N–H and O–H groups in total. The molecule has 0 heterocycles. The number of amides is 1. The van der Waals surface area contributed by atoms with Gasteiger partial charge in [0.05, 0.1) is 17.0 Å². The van der Waals surface area contributed by atoms with Crippen molar-refractivity contribution in [1.82, 2.24) is 4.72 Å². The second kappa shape index (κ2) is 9.12. The number of nitro benzene ring substituents is 2. The summed E-state index contributed by atoms with van der Waals surface area (Å²) in [6, 6.07) is 1.37. The lowest BCUT2D eigenvalue weighted by Gasteiger charge is -2.23. The lowest BCUT2D eigenvalue weighted by atomic mass is 10.2. The number of ether oxygens (including phenoxy) is 1. The summed E-state index contributed by atoms with van der Waals surface area (Å²) in [5.74, 6) is 0. The largest absolute Gasteiger partial charge is 0.452 e. The van der Waals surface area contributed by atoms with Crippen LogP contribution in [0.3, 0.4) is 0 Å². The molecule has 13 heteroatoms. The van der Waals surface area contributed by atoms with E-state index in [9.17, 15) is 33.4 Å². The fraction of sp³-hybridized carbons (Fsp3) is 0.500. The molecule has 0 aromatic heterocycles. The van der Waals surface area contributed by atoms with Crippen molar-refractivity contribution in [2.45, 2.75) is 31.6 Å². The summed E-state index contributed by atoms with van der Waals surface area (Å²) in [4.78, 5) is 33.1. The second-order valence-corrected chi connectivity index (χ2v) is 7.09. The molecule has 0 aliphatic carbocycles. The van der Waals surface area contributed by atoms with Gasteiger partial charge in [0.1, 0.15) is 4.90 Å². The van der Waals surface area contributed by atoms with E-state index < -0.39 is 42.2 Å². The number of benzene rings is 1. The minimum atomic E-state index is -4.60. The number of carbonyl (C=O) groups is 1. The van der Waals surface area contributed by atoms with Gasteiger partial charge in [-0.3, -0.25) is 20.2 Å². The Balaban J connectivity index is 3.74. The summed E-state index contributed by atoms with van der Waals surface area (Å²) in [5.41, 5.74) is -1.75. The van der Waals surface area contributed by atoms with Crippen LogP contribution in [0.2, 0.25) is 0 Å². The first-order chi connectivity index (χ1) is 12.6. The Morgan fingerprint density at radius 1 is 1.11 bits per heavy atom. The highest BCUT2D eigenvalue weighted by atomic mass is 32.2. The van der Waals surface area contributed by atoms with E-state index in [4.69, 9.17) is 0 Å². The molecular formula is C14H20N4O8S. The van der Waals surface area contributed by atoms with Crippen LogP contribution in [0.25, 0.3) is 0 Å². The number of anilines is 1. The lowest BCUT2D eigenvalue weighted by molar-refractivity contribution is -0.393. The molecule has 0 bridgehead atoms. The van der Waals surface area contributed by atoms with Crippen LogP contribution in [-0.2, 0) is 14.8 Å². The van der Waals surface area contributed by atoms with Crippen LogP contribution < -0.4 is 9.62 Å². The van der Waals surface area contributed by atoms with Crippen molar-refractivity contribution < 1.29 is 27.8 Å². The Kier molecular flexibility index (Phi) is 7.45. The van der Waals surface area contributed by atoms with Gasteiger partial charge in [-0.05, 0) is 12.8 Å². The fourth-order valence-corrected chi connectivity index (χ4v) is 3.38. The molecule has 0 aliphatic heterocycles. The van der Waals surface area contributed by atoms with Crippen molar-refractivity contribution in [3.63, 3.8) is 0 Å². The summed E-state index contributed by atoms with van der Waals surface area (Å²) < 4.78 is 30.1. The summed E-state index contributed by atoms with van der Waals surface area (Å²) in [7, 11) is -3.68. The topological polar surface area (TPSA) is 162 Å². The minimum Gasteiger partial charge on any atom is -0.452 e. The number of hydrogen-bond acceptors (Lipinski definition) is 9. The predicted molar refractivity (Wildman–Crippen MR) is 95.3 cm³/mol. The average molecular weight is 404 g/mol. The Labute approximate surface area is 155 Å². The van der Waals surface area contributed by atoms with E-state index in [1.54, 1.807) is 13.8 Å². The van der Waals surface area contributed by atoms with Crippen LogP contribution in [0.5, 0.6) is 0 Å². The van der Waals surface area contributed by atoms with Gasteiger partial charge in [0, 0.05) is 25.2 Å². The summed E-state index contributed by atoms with van der Waals surface area (Å²) in [6.45, 7) is 4.23. The number of sulfonamides is 1. The average Bonchev–Trinajstić information content (AvgIpc) is 2.59. The van der Waals surface area contributed by atoms with Crippen LogP contribution in [0, 0.1) is 20.2 Å². The Hall–Kier alpha value is -2.96. The minimum absolute atomic E-state index is 0.272. The third kappa shape index (κ3) is 5.26. The molecule has 1 amide bonds. The van der Waals surface area contributed by atoms with Crippen LogP contribution >= 0.6 is 0 Å². The van der Waals surface area contributed by atoms with Crippen LogP contribution in [0.15, 0.2) is 17.0 Å². The van der Waals surface area contributed by atoms with Gasteiger partial charge in [0.25, 0.3) is 10.0 Å². The monoisotopic (exact) mass is 404 g/mol. The zero-order valence-corrected chi connectivity index (χ0v) is 15.8. The van der Waals surface area contributed by atoms with Crippen molar-refractivity contribution >= 4 is 33.2 Å². The number of rotatable bonds is 9. The quantitative estimate of drug-likeness (QED) is 0.480. The number of nitrogens with one attached hydrogen (secondary N) is 1. The van der Waals surface area contributed by atoms with Crippen molar-refractivity contribution in [3.05, 3.63) is 32.4 Å². The van der Waals surface area contributed by atoms with Gasteiger partial charge in [-0.1, -0.05) is 13.8 Å². The molecule has 0 saturated carbocycles. The number of nitrogens with zero attached hydrogens (tertiary/aromatic N) is 3. The maximum absolute atomic E-state index is 12.2. The van der Waals surface area contributed by atoms with Gasteiger partial charge in [-0.25, -0.2) is 17.9 Å². The molecule has 1 aromatic carbocycles. The first-order valence-corrected chi connectivity index (χ1v) is 9.39. The summed E-state index contributed by atoms with van der Waals surface area (Å²) in [5, 5.41) is 23.0.